The Balaban J connectivity index is 1.27. The van der Waals surface area contributed by atoms with Crippen LogP contribution in [-0.4, -0.2) is 74.6 Å². The first-order chi connectivity index (χ1) is 19.8. The molecule has 2 aromatic carbocycles. The maximum absolute atomic E-state index is 6.68. The number of halogens is 1. The van der Waals surface area contributed by atoms with Crippen molar-refractivity contribution in [2.75, 3.05) is 39.5 Å². The molecule has 2 atom stereocenters. The van der Waals surface area contributed by atoms with Gasteiger partial charge in [-0.1, -0.05) is 29.8 Å². The van der Waals surface area contributed by atoms with Crippen LogP contribution < -0.4 is 5.32 Å². The summed E-state index contributed by atoms with van der Waals surface area (Å²) >= 11 is 6.68. The standard InChI is InChI=1S/C31H35ClN8O/c1-20-16-27(33-19-22-8-6-9-24(17-22)39-13-7-12-34-39)40-30(35-20)28(21(2)36-40)23-10-11-26(32)25(18-23)29-31(41-29)38(5)15-14-37(3)4/h6-13,16-18,29,31,33H,14-15,19H2,1-5H3. The number of nitrogens with zero attached hydrogens (tertiary/aromatic N) is 7. The second-order valence-electron chi connectivity index (χ2n) is 10.9. The van der Waals surface area contributed by atoms with Gasteiger partial charge in [0.25, 0.3) is 0 Å². The molecule has 10 heteroatoms. The second-order valence-corrected chi connectivity index (χ2v) is 11.3. The van der Waals surface area contributed by atoms with Crippen molar-refractivity contribution in [1.29, 1.82) is 0 Å². The van der Waals surface area contributed by atoms with E-state index in [2.05, 4.69) is 59.6 Å². The molecule has 1 aliphatic heterocycles. The first-order valence-electron chi connectivity index (χ1n) is 13.8. The number of likely N-dealkylation sites (N-methyl/N-ethyl adjacent to an activating group) is 2. The first-order valence-corrected chi connectivity index (χ1v) is 14.2. The van der Waals surface area contributed by atoms with Crippen molar-refractivity contribution >= 4 is 23.1 Å². The largest absolute Gasteiger partial charge is 0.366 e. The lowest BCUT2D eigenvalue weighted by molar-refractivity contribution is 0.194. The molecule has 2 unspecified atom stereocenters. The van der Waals surface area contributed by atoms with Crippen molar-refractivity contribution in [2.24, 2.45) is 0 Å². The van der Waals surface area contributed by atoms with E-state index >= 15 is 0 Å². The number of benzene rings is 2. The van der Waals surface area contributed by atoms with Crippen LogP contribution in [0.4, 0.5) is 5.82 Å². The fourth-order valence-corrected chi connectivity index (χ4v) is 5.43. The number of rotatable bonds is 10. The average Bonchev–Trinajstić information content (AvgIpc) is 3.40. The summed E-state index contributed by atoms with van der Waals surface area (Å²) in [6.07, 6.45) is 3.69. The molecular formula is C31H35ClN8O. The maximum Gasteiger partial charge on any atom is 0.165 e. The molecule has 1 aliphatic rings. The molecule has 41 heavy (non-hydrogen) atoms. The second kappa shape index (κ2) is 11.3. The molecule has 212 valence electrons. The average molecular weight is 571 g/mol. The van der Waals surface area contributed by atoms with Crippen molar-refractivity contribution in [2.45, 2.75) is 32.7 Å². The monoisotopic (exact) mass is 570 g/mol. The quantitative estimate of drug-likeness (QED) is 0.227. The summed E-state index contributed by atoms with van der Waals surface area (Å²) in [4.78, 5) is 9.32. The fourth-order valence-electron chi connectivity index (χ4n) is 5.20. The number of hydrogen-bond donors (Lipinski definition) is 1. The minimum absolute atomic E-state index is 0.0238. The Morgan fingerprint density at radius 2 is 1.88 bits per heavy atom. The Bertz CT molecular complexity index is 1680. The number of nitrogens with one attached hydrogen (secondary N) is 1. The Morgan fingerprint density at radius 3 is 2.66 bits per heavy atom. The third-order valence-electron chi connectivity index (χ3n) is 7.44. The van der Waals surface area contributed by atoms with Crippen molar-refractivity contribution in [1.82, 2.24) is 34.2 Å². The van der Waals surface area contributed by atoms with Gasteiger partial charge >= 0.3 is 0 Å². The van der Waals surface area contributed by atoms with E-state index in [1.54, 1.807) is 6.20 Å². The highest BCUT2D eigenvalue weighted by molar-refractivity contribution is 6.31. The van der Waals surface area contributed by atoms with Gasteiger partial charge < -0.3 is 15.0 Å². The Kier molecular flexibility index (Phi) is 7.52. The van der Waals surface area contributed by atoms with Crippen LogP contribution in [0.5, 0.6) is 0 Å². The highest BCUT2D eigenvalue weighted by Gasteiger charge is 2.44. The first kappa shape index (κ1) is 27.4. The van der Waals surface area contributed by atoms with Crippen molar-refractivity contribution in [3.05, 3.63) is 94.5 Å². The zero-order valence-corrected chi connectivity index (χ0v) is 24.8. The van der Waals surface area contributed by atoms with Gasteiger partial charge in [0.1, 0.15) is 18.1 Å². The van der Waals surface area contributed by atoms with Gasteiger partial charge in [0, 0.05) is 59.9 Å². The van der Waals surface area contributed by atoms with E-state index in [-0.39, 0.29) is 12.3 Å². The van der Waals surface area contributed by atoms with Crippen molar-refractivity contribution < 1.29 is 4.74 Å². The number of ether oxygens (including phenoxy) is 1. The number of aryl methyl sites for hydroxylation is 2. The third-order valence-corrected chi connectivity index (χ3v) is 7.78. The van der Waals surface area contributed by atoms with Gasteiger partial charge in [0.2, 0.25) is 0 Å². The number of hydrogen-bond acceptors (Lipinski definition) is 7. The van der Waals surface area contributed by atoms with E-state index in [1.807, 2.05) is 65.6 Å². The molecule has 1 fully saturated rings. The van der Waals surface area contributed by atoms with Gasteiger partial charge in [-0.25, -0.2) is 9.67 Å². The molecule has 0 aliphatic carbocycles. The third kappa shape index (κ3) is 5.71. The summed E-state index contributed by atoms with van der Waals surface area (Å²) < 4.78 is 9.84. The zero-order chi connectivity index (χ0) is 28.7. The van der Waals surface area contributed by atoms with Crippen LogP contribution in [0.1, 0.15) is 28.6 Å². The lowest BCUT2D eigenvalue weighted by atomic mass is 10.0. The molecule has 1 N–H and O–H groups in total. The highest BCUT2D eigenvalue weighted by Crippen LogP contribution is 2.45. The molecule has 0 saturated carbocycles. The zero-order valence-electron chi connectivity index (χ0n) is 24.0. The Labute approximate surface area is 245 Å². The molecule has 0 bridgehead atoms. The van der Waals surface area contributed by atoms with Gasteiger partial charge in [0.15, 0.2) is 5.65 Å². The van der Waals surface area contributed by atoms with Gasteiger partial charge in [0.05, 0.1) is 11.4 Å². The Hall–Kier alpha value is -3.76. The van der Waals surface area contributed by atoms with Gasteiger partial charge in [-0.15, -0.1) is 0 Å². The van der Waals surface area contributed by atoms with E-state index in [1.165, 1.54) is 0 Å². The number of aromatic nitrogens is 5. The van der Waals surface area contributed by atoms with Crippen molar-refractivity contribution in [3.63, 3.8) is 0 Å². The summed E-state index contributed by atoms with van der Waals surface area (Å²) in [5.74, 6) is 0.883. The van der Waals surface area contributed by atoms with Crippen LogP contribution in [-0.2, 0) is 11.3 Å². The predicted molar refractivity (Wildman–Crippen MR) is 163 cm³/mol. The van der Waals surface area contributed by atoms with Crippen LogP contribution in [0.2, 0.25) is 5.02 Å². The molecule has 5 aromatic rings. The van der Waals surface area contributed by atoms with Gasteiger partial charge in [-0.2, -0.15) is 14.7 Å². The molecule has 6 rings (SSSR count). The van der Waals surface area contributed by atoms with E-state index in [4.69, 9.17) is 26.4 Å². The SMILES string of the molecule is Cc1cc(NCc2cccc(-n3cccn3)c2)n2nc(C)c(-c3ccc(Cl)c(C4OC4N(C)CCN(C)C)c3)c2n1. The fraction of sp³-hybridized carbons (Fsp3) is 0.323. The minimum atomic E-state index is -0.0545. The molecule has 0 amide bonds. The smallest absolute Gasteiger partial charge is 0.165 e. The molecule has 9 nitrogen and oxygen atoms in total. The van der Waals surface area contributed by atoms with Crippen LogP contribution in [0.15, 0.2) is 67.0 Å². The molecule has 0 radical (unpaired) electrons. The lowest BCUT2D eigenvalue weighted by Crippen LogP contribution is -2.31. The topological polar surface area (TPSA) is 79.1 Å². The highest BCUT2D eigenvalue weighted by atomic mass is 35.5. The van der Waals surface area contributed by atoms with Gasteiger partial charge in [-0.05, 0) is 76.4 Å². The molecule has 0 spiro atoms. The maximum atomic E-state index is 6.68. The van der Waals surface area contributed by atoms with E-state index in [0.29, 0.717) is 11.6 Å². The molecule has 1 saturated heterocycles. The Morgan fingerprint density at radius 1 is 1.02 bits per heavy atom. The van der Waals surface area contributed by atoms with E-state index in [9.17, 15) is 0 Å². The van der Waals surface area contributed by atoms with Crippen LogP contribution in [0, 0.1) is 13.8 Å². The van der Waals surface area contributed by atoms with Crippen LogP contribution >= 0.6 is 11.6 Å². The molecule has 3 aromatic heterocycles. The predicted octanol–water partition coefficient (Wildman–Crippen LogP) is 5.36. The van der Waals surface area contributed by atoms with Crippen LogP contribution in [0.25, 0.3) is 22.5 Å². The summed E-state index contributed by atoms with van der Waals surface area (Å²) in [7, 11) is 6.25. The van der Waals surface area contributed by atoms with E-state index < -0.39 is 0 Å². The molecule has 4 heterocycles. The molecular weight excluding hydrogens is 536 g/mol. The number of anilines is 1. The number of fused-ring (bicyclic) bond motifs is 1. The normalized spacial score (nSPS) is 16.7. The lowest BCUT2D eigenvalue weighted by Gasteiger charge is -2.17. The summed E-state index contributed by atoms with van der Waals surface area (Å²) in [5, 5.41) is 13.5. The van der Waals surface area contributed by atoms with E-state index in [0.717, 1.165) is 63.9 Å². The number of epoxide rings is 1. The summed E-state index contributed by atoms with van der Waals surface area (Å²) in [5.41, 5.74) is 7.79. The summed E-state index contributed by atoms with van der Waals surface area (Å²) in [6.45, 7) is 6.56. The summed E-state index contributed by atoms with van der Waals surface area (Å²) in [6, 6.07) is 18.4. The van der Waals surface area contributed by atoms with Crippen LogP contribution in [0.3, 0.4) is 0 Å². The van der Waals surface area contributed by atoms with Gasteiger partial charge in [-0.3, -0.25) is 4.90 Å². The minimum Gasteiger partial charge on any atom is -0.366 e. The van der Waals surface area contributed by atoms with Crippen molar-refractivity contribution in [3.8, 4) is 16.8 Å².